The molecule has 0 fully saturated rings. The molecule has 0 amide bonds. The van der Waals surface area contributed by atoms with Crippen molar-refractivity contribution in [1.29, 1.82) is 0 Å². The third-order valence-electron chi connectivity index (χ3n) is 18.0. The largest absolute Gasteiger partial charge is 0.465 e. The van der Waals surface area contributed by atoms with Crippen LogP contribution in [0.1, 0.15) is 296 Å². The summed E-state index contributed by atoms with van der Waals surface area (Å²) in [6.45, 7) is 13.2. The number of anilines is 2. The highest BCUT2D eigenvalue weighted by molar-refractivity contribution is 8.29. The Morgan fingerprint density at radius 1 is 0.284 bits per heavy atom. The molecule has 0 saturated heterocycles. The van der Waals surface area contributed by atoms with Gasteiger partial charge in [0.1, 0.15) is 19.6 Å². The molecule has 4 rings (SSSR count). The number of thioether (sulfide) groups is 4. The first kappa shape index (κ1) is 88.0. The van der Waals surface area contributed by atoms with Gasteiger partial charge in [0.25, 0.3) is 0 Å². The molecule has 0 N–H and O–H groups in total. The van der Waals surface area contributed by atoms with Gasteiger partial charge in [0.05, 0.1) is 48.1 Å². The van der Waals surface area contributed by atoms with Crippen LogP contribution in [0.4, 0.5) is 11.4 Å². The fraction of sp³-hybridized carbons (Fsp3) is 0.591. The third kappa shape index (κ3) is 37.4. The van der Waals surface area contributed by atoms with Crippen molar-refractivity contribution < 1.29 is 38.1 Å². The predicted molar refractivity (Wildman–Crippen MR) is 436 cm³/mol. The van der Waals surface area contributed by atoms with E-state index in [1.54, 1.807) is 0 Å². The lowest BCUT2D eigenvalue weighted by atomic mass is 10.1. The van der Waals surface area contributed by atoms with Crippen LogP contribution in [-0.2, 0) is 38.1 Å². The lowest BCUT2D eigenvalue weighted by Crippen LogP contribution is -2.25. The Bertz CT molecular complexity index is 3030. The number of ether oxygens (including phenoxy) is 4. The first-order valence-electron chi connectivity index (χ1n) is 38.8. The Kier molecular flexibility index (Phi) is 50.0. The number of hydrogen-bond acceptors (Lipinski definition) is 14. The summed E-state index contributed by atoms with van der Waals surface area (Å²) >= 11 is 4.02. The van der Waals surface area contributed by atoms with Gasteiger partial charge in [-0.05, 0) is 133 Å². The second-order valence-corrected chi connectivity index (χ2v) is 30.9. The summed E-state index contributed by atoms with van der Waals surface area (Å²) in [7, 11) is 4.98. The first-order chi connectivity index (χ1) is 50.0. The van der Waals surface area contributed by atoms with E-state index in [1.165, 1.54) is 297 Å². The number of benzene rings is 2. The molecule has 102 heavy (non-hydrogen) atoms. The molecule has 2 heterocycles. The molecule has 0 bridgehead atoms. The van der Waals surface area contributed by atoms with E-state index in [2.05, 4.69) is 133 Å². The van der Waals surface area contributed by atoms with E-state index in [4.69, 9.17) is 18.9 Å². The van der Waals surface area contributed by atoms with Crippen LogP contribution in [0.25, 0.3) is 0 Å². The highest BCUT2D eigenvalue weighted by atomic mass is 32.2. The second-order valence-electron chi connectivity index (χ2n) is 26.3. The van der Waals surface area contributed by atoms with Crippen molar-refractivity contribution in [3.63, 3.8) is 0 Å². The van der Waals surface area contributed by atoms with Crippen LogP contribution in [0.5, 0.6) is 0 Å². The van der Waals surface area contributed by atoms with Gasteiger partial charge in [0.15, 0.2) is 0 Å². The minimum atomic E-state index is -0.708. The monoisotopic (exact) mass is 1460 g/mol. The average molecular weight is 1460 g/mol. The molecule has 0 radical (unpaired) electrons. The zero-order chi connectivity index (χ0) is 73.3. The maximum absolute atomic E-state index is 13.0. The van der Waals surface area contributed by atoms with Crippen LogP contribution in [0.15, 0.2) is 87.8 Å². The number of unbranched alkanes of at least 4 members (excludes halogenated alkanes) is 36. The van der Waals surface area contributed by atoms with Crippen molar-refractivity contribution in [1.82, 2.24) is 0 Å². The summed E-state index contributed by atoms with van der Waals surface area (Å²) in [5, 5.41) is 0. The normalized spacial score (nSPS) is 12.1. The third-order valence-corrected chi connectivity index (χ3v) is 23.1. The lowest BCUT2D eigenvalue weighted by Gasteiger charge is -2.25. The topological polar surface area (TPSA) is 112 Å². The number of rotatable bonds is 50. The van der Waals surface area contributed by atoms with Crippen LogP contribution in [-0.4, -0.2) is 78.5 Å². The molecule has 0 unspecified atom stereocenters. The highest BCUT2D eigenvalue weighted by Gasteiger charge is 2.35. The predicted octanol–water partition coefficient (Wildman–Crippen LogP) is 22.9. The van der Waals surface area contributed by atoms with E-state index in [1.807, 2.05) is 24.3 Å². The Balaban J connectivity index is 1.62. The maximum atomic E-state index is 13.0. The fourth-order valence-electron chi connectivity index (χ4n) is 12.0. The number of nitrogens with zero attached hydrogens (tertiary/aromatic N) is 2. The van der Waals surface area contributed by atoms with Gasteiger partial charge < -0.3 is 28.7 Å². The van der Waals surface area contributed by atoms with Crippen LogP contribution >= 0.6 is 47.0 Å². The number of esters is 4. The van der Waals surface area contributed by atoms with Crippen LogP contribution in [0, 0.1) is 71.0 Å². The summed E-state index contributed by atoms with van der Waals surface area (Å²) < 4.78 is 21.1. The van der Waals surface area contributed by atoms with Gasteiger partial charge >= 0.3 is 23.9 Å². The number of hydrogen-bond donors (Lipinski definition) is 0. The van der Waals surface area contributed by atoms with Gasteiger partial charge in [0, 0.05) is 48.7 Å². The minimum absolute atomic E-state index is 0.0455. The van der Waals surface area contributed by atoms with E-state index >= 15 is 0 Å². The number of allylic oxidation sites excluding steroid dienone is 2. The van der Waals surface area contributed by atoms with Gasteiger partial charge in [-0.1, -0.05) is 318 Å². The molecule has 0 atom stereocenters. The number of carbonyl (C=O) groups excluding carboxylic acids is 4. The number of carbonyl (C=O) groups is 4. The summed E-state index contributed by atoms with van der Waals surface area (Å²) in [4.78, 5) is 57.4. The molecule has 10 nitrogen and oxygen atoms in total. The summed E-state index contributed by atoms with van der Waals surface area (Å²) in [6, 6.07) is 16.8. The van der Waals surface area contributed by atoms with Crippen molar-refractivity contribution in [2.24, 2.45) is 0 Å². The van der Waals surface area contributed by atoms with Crippen LogP contribution in [0.3, 0.4) is 0 Å². The summed E-state index contributed by atoms with van der Waals surface area (Å²) in [6.07, 6.45) is 52.3. The van der Waals surface area contributed by atoms with Crippen LogP contribution < -0.4 is 9.80 Å². The molecule has 2 aromatic rings. The zero-order valence-corrected chi connectivity index (χ0v) is 66.8. The van der Waals surface area contributed by atoms with Gasteiger partial charge in [-0.25, -0.2) is 19.2 Å². The van der Waals surface area contributed by atoms with Crippen molar-refractivity contribution in [3.8, 4) is 71.0 Å². The van der Waals surface area contributed by atoms with Crippen molar-refractivity contribution in [2.45, 2.75) is 285 Å². The summed E-state index contributed by atoms with van der Waals surface area (Å²) in [5.74, 6) is 33.6. The van der Waals surface area contributed by atoms with Crippen LogP contribution in [0.2, 0.25) is 0 Å². The Labute approximate surface area is 635 Å². The van der Waals surface area contributed by atoms with E-state index in [0.717, 1.165) is 84.4 Å². The Morgan fingerprint density at radius 2 is 0.480 bits per heavy atom. The van der Waals surface area contributed by atoms with E-state index in [9.17, 15) is 19.2 Å². The molecule has 2 aliphatic rings. The van der Waals surface area contributed by atoms with E-state index < -0.39 is 23.9 Å². The molecule has 14 heteroatoms. The zero-order valence-electron chi connectivity index (χ0n) is 63.5. The second kappa shape index (κ2) is 58.0. The Morgan fingerprint density at radius 3 is 0.686 bits per heavy atom. The molecule has 554 valence electrons. The fourth-order valence-corrected chi connectivity index (χ4v) is 16.7. The molecule has 2 aromatic carbocycles. The van der Waals surface area contributed by atoms with Crippen molar-refractivity contribution >= 4 is 82.3 Å². The molecule has 0 spiro atoms. The maximum Gasteiger partial charge on any atom is 0.346 e. The van der Waals surface area contributed by atoms with E-state index in [-0.39, 0.29) is 30.8 Å². The van der Waals surface area contributed by atoms with Gasteiger partial charge in [-0.3, -0.25) is 0 Å². The quantitative estimate of drug-likeness (QED) is 0.0271. The summed E-state index contributed by atoms with van der Waals surface area (Å²) in [5.41, 5.74) is 4.52. The first-order valence-corrected chi connectivity index (χ1v) is 42.1. The van der Waals surface area contributed by atoms with Crippen molar-refractivity contribution in [3.05, 3.63) is 98.9 Å². The SMILES string of the molecule is CCCCCCCCCCCCN(CCCCCCCCCCCC)c1ccc(C#CC#CC(C#CC#CC(C#CC#Cc2ccc(N(CCCCCCCCCCCC)CCCCCCCCCCCC)cc2)=C2SC(C(=O)OC)=C(C(=O)OC)S2)=C2SC(C(=O)OC)=C(C(=O)OC)S2)cc1. The molecule has 0 aromatic heterocycles. The Hall–Kier alpha value is -6.36. The molecular formula is C88H120N2O8S4. The lowest BCUT2D eigenvalue weighted by molar-refractivity contribution is -0.138. The van der Waals surface area contributed by atoms with Gasteiger partial charge in [-0.2, -0.15) is 0 Å². The standard InChI is InChI=1S/C88H120N2O8S4/c1-9-13-17-21-25-29-33-37-41-51-69-89(70-52-42-38-34-30-26-22-18-14-10-2)77-65-61-73(62-66-77)55-45-47-57-75(87-99-79(83(91)95-5)80(100-87)84(92)96-6)59-49-50-60-76(88-101-81(85(93)97-7)82(102-88)86(94)98-8)58-48-46-56-74-63-67-78(68-64-74)90(71-53-43-39-35-31-27-23-19-15-11-3)72-54-44-40-36-32-28-24-20-16-12-4/h61-68H,9-44,51-54,69-72H2,1-8H3. The number of methoxy groups -OCH3 is 4. The highest BCUT2D eigenvalue weighted by Crippen LogP contribution is 2.52. The molecular weight excluding hydrogens is 1340 g/mol. The van der Waals surface area contributed by atoms with Crippen molar-refractivity contribution in [2.75, 3.05) is 64.4 Å². The minimum Gasteiger partial charge on any atom is -0.465 e. The van der Waals surface area contributed by atoms with Gasteiger partial charge in [-0.15, -0.1) is 0 Å². The molecule has 0 saturated carbocycles. The smallest absolute Gasteiger partial charge is 0.346 e. The molecule has 2 aliphatic heterocycles. The van der Waals surface area contributed by atoms with E-state index in [0.29, 0.717) is 8.47 Å². The molecule has 0 aliphatic carbocycles. The average Bonchev–Trinajstić information content (AvgIpc) is 1.68. The van der Waals surface area contributed by atoms with Gasteiger partial charge in [0.2, 0.25) is 0 Å².